The van der Waals surface area contributed by atoms with Gasteiger partial charge in [0.15, 0.2) is 0 Å². The van der Waals surface area contributed by atoms with Gasteiger partial charge in [-0.25, -0.2) is 12.8 Å². The molecule has 20 heavy (non-hydrogen) atoms. The third-order valence-electron chi connectivity index (χ3n) is 3.98. The van der Waals surface area contributed by atoms with Gasteiger partial charge < -0.3 is 5.32 Å². The zero-order valence-electron chi connectivity index (χ0n) is 11.8. The van der Waals surface area contributed by atoms with Gasteiger partial charge in [-0.15, -0.1) is 0 Å². The van der Waals surface area contributed by atoms with E-state index >= 15 is 0 Å². The molecule has 0 radical (unpaired) electrons. The largest absolute Gasteiger partial charge is 0.315 e. The number of rotatable bonds is 4. The fourth-order valence-corrected chi connectivity index (χ4v) is 4.36. The van der Waals surface area contributed by atoms with E-state index in [2.05, 4.69) is 5.32 Å². The SMILES string of the molecule is CC(c1ccccc1F)N(C)S(=O)(=O)C1CCCNC1. The number of hydrogen-bond donors (Lipinski definition) is 1. The predicted octanol–water partition coefficient (Wildman–Crippen LogP) is 1.90. The van der Waals surface area contributed by atoms with Gasteiger partial charge in [-0.1, -0.05) is 18.2 Å². The van der Waals surface area contributed by atoms with Crippen molar-refractivity contribution in [1.82, 2.24) is 9.62 Å². The Labute approximate surface area is 120 Å². The highest BCUT2D eigenvalue weighted by Gasteiger charge is 2.34. The zero-order chi connectivity index (χ0) is 14.8. The van der Waals surface area contributed by atoms with E-state index in [4.69, 9.17) is 0 Å². The van der Waals surface area contributed by atoms with Crippen LogP contribution < -0.4 is 5.32 Å². The van der Waals surface area contributed by atoms with Gasteiger partial charge >= 0.3 is 0 Å². The van der Waals surface area contributed by atoms with Crippen LogP contribution in [0.3, 0.4) is 0 Å². The van der Waals surface area contributed by atoms with Crippen molar-refractivity contribution < 1.29 is 12.8 Å². The summed E-state index contributed by atoms with van der Waals surface area (Å²) in [4.78, 5) is 0. The first kappa shape index (κ1) is 15.4. The molecule has 2 unspecified atom stereocenters. The Hall–Kier alpha value is -0.980. The smallest absolute Gasteiger partial charge is 0.218 e. The molecule has 0 bridgehead atoms. The van der Waals surface area contributed by atoms with E-state index in [1.54, 1.807) is 25.1 Å². The molecule has 1 aromatic rings. The van der Waals surface area contributed by atoms with Crippen molar-refractivity contribution in [2.45, 2.75) is 31.1 Å². The summed E-state index contributed by atoms with van der Waals surface area (Å²) < 4.78 is 40.2. The number of nitrogens with one attached hydrogen (secondary N) is 1. The first-order chi connectivity index (χ1) is 9.44. The third kappa shape index (κ3) is 3.02. The molecule has 6 heteroatoms. The number of hydrogen-bond acceptors (Lipinski definition) is 3. The first-order valence-electron chi connectivity index (χ1n) is 6.86. The molecule has 1 fully saturated rings. The lowest BCUT2D eigenvalue weighted by Crippen LogP contribution is -2.45. The summed E-state index contributed by atoms with van der Waals surface area (Å²) in [5.74, 6) is -0.371. The number of halogens is 1. The standard InChI is InChI=1S/C14H21FN2O2S/c1-11(13-7-3-4-8-14(13)15)17(2)20(18,19)12-6-5-9-16-10-12/h3-4,7-8,11-12,16H,5-6,9-10H2,1-2H3. The van der Waals surface area contributed by atoms with Gasteiger partial charge in [-0.3, -0.25) is 0 Å². The Balaban J connectivity index is 2.21. The monoisotopic (exact) mass is 300 g/mol. The summed E-state index contributed by atoms with van der Waals surface area (Å²) in [7, 11) is -1.89. The second-order valence-corrected chi connectivity index (χ2v) is 7.50. The van der Waals surface area contributed by atoms with Crippen LogP contribution in [0, 0.1) is 5.82 Å². The van der Waals surface area contributed by atoms with Crippen molar-refractivity contribution in [2.75, 3.05) is 20.1 Å². The highest BCUT2D eigenvalue weighted by Crippen LogP contribution is 2.27. The Morgan fingerprint density at radius 1 is 1.40 bits per heavy atom. The summed E-state index contributed by atoms with van der Waals surface area (Å²) in [6, 6.07) is 5.80. The lowest BCUT2D eigenvalue weighted by Gasteiger charge is -2.31. The Morgan fingerprint density at radius 3 is 2.70 bits per heavy atom. The van der Waals surface area contributed by atoms with Gasteiger partial charge in [0.2, 0.25) is 10.0 Å². The molecule has 1 heterocycles. The van der Waals surface area contributed by atoms with Crippen LogP contribution in [0.5, 0.6) is 0 Å². The second-order valence-electron chi connectivity index (χ2n) is 5.23. The molecule has 1 N–H and O–H groups in total. The van der Waals surface area contributed by atoms with Crippen LogP contribution in [-0.4, -0.2) is 38.1 Å². The van der Waals surface area contributed by atoms with E-state index in [-0.39, 0.29) is 5.82 Å². The lowest BCUT2D eigenvalue weighted by atomic mass is 10.1. The first-order valence-corrected chi connectivity index (χ1v) is 8.37. The highest BCUT2D eigenvalue weighted by molar-refractivity contribution is 7.89. The zero-order valence-corrected chi connectivity index (χ0v) is 12.7. The Kier molecular flexibility index (Phi) is 4.78. The predicted molar refractivity (Wildman–Crippen MR) is 77.4 cm³/mol. The molecule has 1 saturated heterocycles. The van der Waals surface area contributed by atoms with Crippen LogP contribution in [0.4, 0.5) is 4.39 Å². The van der Waals surface area contributed by atoms with Crippen LogP contribution >= 0.6 is 0 Å². The van der Waals surface area contributed by atoms with Crippen molar-refractivity contribution in [1.29, 1.82) is 0 Å². The van der Waals surface area contributed by atoms with Crippen LogP contribution in [0.25, 0.3) is 0 Å². The summed E-state index contributed by atoms with van der Waals surface area (Å²) >= 11 is 0. The average molecular weight is 300 g/mol. The van der Waals surface area contributed by atoms with Gasteiger partial charge in [0.1, 0.15) is 5.82 Å². The van der Waals surface area contributed by atoms with Gasteiger partial charge in [-0.05, 0) is 32.4 Å². The molecule has 0 aromatic heterocycles. The molecule has 0 spiro atoms. The van der Waals surface area contributed by atoms with E-state index in [9.17, 15) is 12.8 Å². The fourth-order valence-electron chi connectivity index (χ4n) is 2.54. The number of benzene rings is 1. The maximum Gasteiger partial charge on any atom is 0.218 e. The molecular formula is C14H21FN2O2S. The van der Waals surface area contributed by atoms with Crippen molar-refractivity contribution in [3.63, 3.8) is 0 Å². The van der Waals surface area contributed by atoms with Crippen molar-refractivity contribution in [3.8, 4) is 0 Å². The molecule has 1 aromatic carbocycles. The van der Waals surface area contributed by atoms with Crippen LogP contribution in [0.1, 0.15) is 31.4 Å². The normalized spacial score (nSPS) is 21.9. The second kappa shape index (κ2) is 6.20. The maximum atomic E-state index is 13.8. The average Bonchev–Trinajstić information content (AvgIpc) is 2.47. The summed E-state index contributed by atoms with van der Waals surface area (Å²) in [6.07, 6.45) is 1.51. The van der Waals surface area contributed by atoms with Crippen molar-refractivity contribution in [3.05, 3.63) is 35.6 Å². The van der Waals surface area contributed by atoms with Gasteiger partial charge in [0, 0.05) is 25.2 Å². The quantitative estimate of drug-likeness (QED) is 0.924. The lowest BCUT2D eigenvalue weighted by molar-refractivity contribution is 0.371. The molecule has 2 atom stereocenters. The molecule has 0 saturated carbocycles. The summed E-state index contributed by atoms with van der Waals surface area (Å²) in [5.41, 5.74) is 0.405. The summed E-state index contributed by atoms with van der Waals surface area (Å²) in [6.45, 7) is 3.04. The minimum atomic E-state index is -3.42. The van der Waals surface area contributed by atoms with Crippen molar-refractivity contribution >= 4 is 10.0 Å². The van der Waals surface area contributed by atoms with Crippen LogP contribution in [0.15, 0.2) is 24.3 Å². The molecular weight excluding hydrogens is 279 g/mol. The minimum Gasteiger partial charge on any atom is -0.315 e. The molecule has 1 aliphatic rings. The molecule has 4 nitrogen and oxygen atoms in total. The Morgan fingerprint density at radius 2 is 2.10 bits per heavy atom. The van der Waals surface area contributed by atoms with Crippen LogP contribution in [0.2, 0.25) is 0 Å². The highest BCUT2D eigenvalue weighted by atomic mass is 32.2. The van der Waals surface area contributed by atoms with Gasteiger partial charge in [-0.2, -0.15) is 4.31 Å². The molecule has 1 aliphatic heterocycles. The summed E-state index contributed by atoms with van der Waals surface area (Å²) in [5, 5.41) is 2.69. The van der Waals surface area contributed by atoms with E-state index < -0.39 is 21.3 Å². The van der Waals surface area contributed by atoms with E-state index in [0.717, 1.165) is 13.0 Å². The van der Waals surface area contributed by atoms with E-state index in [1.807, 2.05) is 0 Å². The van der Waals surface area contributed by atoms with E-state index in [0.29, 0.717) is 18.5 Å². The Bertz CT molecular complexity index is 556. The van der Waals surface area contributed by atoms with E-state index in [1.165, 1.54) is 17.4 Å². The van der Waals surface area contributed by atoms with Crippen molar-refractivity contribution in [2.24, 2.45) is 0 Å². The third-order valence-corrected chi connectivity index (χ3v) is 6.34. The number of nitrogens with zero attached hydrogens (tertiary/aromatic N) is 1. The topological polar surface area (TPSA) is 49.4 Å². The molecule has 112 valence electrons. The molecule has 0 aliphatic carbocycles. The van der Waals surface area contributed by atoms with Gasteiger partial charge in [0.05, 0.1) is 5.25 Å². The van der Waals surface area contributed by atoms with Gasteiger partial charge in [0.25, 0.3) is 0 Å². The van der Waals surface area contributed by atoms with Crippen LogP contribution in [-0.2, 0) is 10.0 Å². The maximum absolute atomic E-state index is 13.8. The number of piperidine rings is 1. The fraction of sp³-hybridized carbons (Fsp3) is 0.571. The minimum absolute atomic E-state index is 0.371. The number of sulfonamides is 1. The molecule has 2 rings (SSSR count). The molecule has 0 amide bonds.